The summed E-state index contributed by atoms with van der Waals surface area (Å²) in [6.45, 7) is 5.22. The van der Waals surface area contributed by atoms with Gasteiger partial charge in [0.1, 0.15) is 0 Å². The summed E-state index contributed by atoms with van der Waals surface area (Å²) in [5, 5.41) is 0. The topological polar surface area (TPSA) is 36.0 Å². The number of benzene rings is 1. The van der Waals surface area contributed by atoms with Crippen molar-refractivity contribution in [2.45, 2.75) is 25.3 Å². The average Bonchev–Trinajstić information content (AvgIpc) is 2.62. The Morgan fingerprint density at radius 1 is 1.12 bits per heavy atom. The van der Waals surface area contributed by atoms with Crippen molar-refractivity contribution in [2.75, 3.05) is 58.4 Å². The molecule has 2 aliphatic rings. The number of ether oxygens (including phenoxy) is 1. The molecule has 0 bridgehead atoms. The fourth-order valence-corrected chi connectivity index (χ4v) is 3.68. The smallest absolute Gasteiger partial charge is 0.254 e. The van der Waals surface area contributed by atoms with Crippen LogP contribution >= 0.6 is 0 Å². The predicted molar refractivity (Wildman–Crippen MR) is 96.7 cm³/mol. The molecule has 0 spiro atoms. The molecule has 5 nitrogen and oxygen atoms in total. The highest BCUT2D eigenvalue weighted by molar-refractivity contribution is 5.94. The number of likely N-dealkylation sites (N-methyl/N-ethyl adjacent to an activating group) is 1. The molecule has 24 heavy (non-hydrogen) atoms. The summed E-state index contributed by atoms with van der Waals surface area (Å²) in [6, 6.07) is 8.44. The van der Waals surface area contributed by atoms with Crippen LogP contribution in [-0.2, 0) is 4.74 Å². The largest absolute Gasteiger partial charge is 0.378 e. The first kappa shape index (κ1) is 17.2. The molecule has 2 saturated heterocycles. The number of nitrogens with zero attached hydrogens (tertiary/aromatic N) is 3. The first-order valence-electron chi connectivity index (χ1n) is 9.03. The molecule has 0 aromatic heterocycles. The van der Waals surface area contributed by atoms with Gasteiger partial charge >= 0.3 is 0 Å². The third-order valence-electron chi connectivity index (χ3n) is 4.95. The lowest BCUT2D eigenvalue weighted by Gasteiger charge is -2.37. The molecule has 1 atom stereocenters. The number of rotatable bonds is 4. The number of morpholine rings is 1. The molecular weight excluding hydrogens is 302 g/mol. The maximum absolute atomic E-state index is 13.0. The Bertz CT molecular complexity index is 538. The molecule has 1 unspecified atom stereocenters. The monoisotopic (exact) mass is 331 g/mol. The van der Waals surface area contributed by atoms with E-state index in [2.05, 4.69) is 40.9 Å². The zero-order valence-electron chi connectivity index (χ0n) is 14.9. The Labute approximate surface area is 145 Å². The highest BCUT2D eigenvalue weighted by Gasteiger charge is 2.27. The fourth-order valence-electron chi connectivity index (χ4n) is 3.68. The molecule has 132 valence electrons. The molecular formula is C19H29N3O2. The van der Waals surface area contributed by atoms with Gasteiger partial charge in [0.25, 0.3) is 5.91 Å². The quantitative estimate of drug-likeness (QED) is 0.846. The fraction of sp³-hybridized carbons (Fsp3) is 0.632. The lowest BCUT2D eigenvalue weighted by molar-refractivity contribution is 0.0575. The van der Waals surface area contributed by atoms with Crippen LogP contribution in [0.1, 0.15) is 29.6 Å². The molecule has 1 aromatic rings. The second-order valence-corrected chi connectivity index (χ2v) is 7.06. The van der Waals surface area contributed by atoms with Gasteiger partial charge in [-0.15, -0.1) is 0 Å². The van der Waals surface area contributed by atoms with E-state index < -0.39 is 0 Å². The van der Waals surface area contributed by atoms with Crippen molar-refractivity contribution in [1.82, 2.24) is 9.80 Å². The van der Waals surface area contributed by atoms with Crippen molar-refractivity contribution in [2.24, 2.45) is 0 Å². The van der Waals surface area contributed by atoms with Gasteiger partial charge in [0.15, 0.2) is 0 Å². The molecule has 0 aliphatic carbocycles. The number of anilines is 1. The van der Waals surface area contributed by atoms with Gasteiger partial charge in [-0.05, 0) is 57.6 Å². The van der Waals surface area contributed by atoms with Crippen LogP contribution in [0.5, 0.6) is 0 Å². The second kappa shape index (κ2) is 7.99. The van der Waals surface area contributed by atoms with E-state index in [1.807, 2.05) is 12.1 Å². The van der Waals surface area contributed by atoms with Crippen molar-refractivity contribution in [1.29, 1.82) is 0 Å². The normalized spacial score (nSPS) is 22.0. The van der Waals surface area contributed by atoms with Crippen LogP contribution < -0.4 is 4.90 Å². The minimum atomic E-state index is 0.176. The minimum Gasteiger partial charge on any atom is -0.378 e. The summed E-state index contributed by atoms with van der Waals surface area (Å²) < 4.78 is 5.40. The van der Waals surface area contributed by atoms with Crippen molar-refractivity contribution in [3.63, 3.8) is 0 Å². The van der Waals surface area contributed by atoms with Crippen LogP contribution in [0.25, 0.3) is 0 Å². The van der Waals surface area contributed by atoms with Crippen LogP contribution in [0.15, 0.2) is 24.3 Å². The van der Waals surface area contributed by atoms with Crippen LogP contribution in [-0.4, -0.2) is 75.2 Å². The first-order valence-corrected chi connectivity index (χ1v) is 9.03. The lowest BCUT2D eigenvalue weighted by Crippen LogP contribution is -2.48. The van der Waals surface area contributed by atoms with E-state index in [0.29, 0.717) is 6.04 Å². The molecule has 0 radical (unpaired) electrons. The number of amides is 1. The molecule has 2 aliphatic heterocycles. The first-order chi connectivity index (χ1) is 11.6. The van der Waals surface area contributed by atoms with Gasteiger partial charge in [0, 0.05) is 43.5 Å². The summed E-state index contributed by atoms with van der Waals surface area (Å²) in [7, 11) is 4.16. The van der Waals surface area contributed by atoms with Gasteiger partial charge in [-0.3, -0.25) is 4.79 Å². The van der Waals surface area contributed by atoms with E-state index in [-0.39, 0.29) is 5.91 Å². The number of carbonyl (C=O) groups is 1. The summed E-state index contributed by atoms with van der Waals surface area (Å²) in [4.78, 5) is 19.5. The summed E-state index contributed by atoms with van der Waals surface area (Å²) in [6.07, 6.45) is 3.44. The van der Waals surface area contributed by atoms with Crippen LogP contribution in [0, 0.1) is 0 Å². The molecule has 0 saturated carbocycles. The summed E-state index contributed by atoms with van der Waals surface area (Å²) in [5.41, 5.74) is 1.98. The minimum absolute atomic E-state index is 0.176. The zero-order chi connectivity index (χ0) is 16.9. The number of hydrogen-bond acceptors (Lipinski definition) is 4. The highest BCUT2D eigenvalue weighted by Crippen LogP contribution is 2.22. The Hall–Kier alpha value is -1.59. The predicted octanol–water partition coefficient (Wildman–Crippen LogP) is 2.08. The molecule has 1 amide bonds. The maximum Gasteiger partial charge on any atom is 0.254 e. The summed E-state index contributed by atoms with van der Waals surface area (Å²) in [5.74, 6) is 0.176. The standard InChI is InChI=1S/C19H29N3O2/c1-20(2)15-18-5-3-4-10-22(18)19(23)16-6-8-17(9-7-16)21-11-13-24-14-12-21/h6-9,18H,3-5,10-15H2,1-2H3. The average molecular weight is 331 g/mol. The maximum atomic E-state index is 13.0. The molecule has 2 fully saturated rings. The van der Waals surface area contributed by atoms with Crippen LogP contribution in [0.2, 0.25) is 0 Å². The Balaban J connectivity index is 1.69. The van der Waals surface area contributed by atoms with Gasteiger partial charge in [-0.25, -0.2) is 0 Å². The molecule has 1 aromatic carbocycles. The van der Waals surface area contributed by atoms with Gasteiger partial charge in [-0.1, -0.05) is 0 Å². The Morgan fingerprint density at radius 3 is 2.50 bits per heavy atom. The third kappa shape index (κ3) is 4.08. The van der Waals surface area contributed by atoms with Crippen LogP contribution in [0.3, 0.4) is 0 Å². The molecule has 3 rings (SSSR count). The second-order valence-electron chi connectivity index (χ2n) is 7.06. The van der Waals surface area contributed by atoms with E-state index in [0.717, 1.165) is 57.8 Å². The SMILES string of the molecule is CN(C)CC1CCCCN1C(=O)c1ccc(N2CCOCC2)cc1. The zero-order valence-corrected chi connectivity index (χ0v) is 14.9. The third-order valence-corrected chi connectivity index (χ3v) is 4.95. The lowest BCUT2D eigenvalue weighted by atomic mass is 10.00. The number of piperidine rings is 1. The number of hydrogen-bond donors (Lipinski definition) is 0. The molecule has 2 heterocycles. The molecule has 0 N–H and O–H groups in total. The van der Waals surface area contributed by atoms with E-state index in [1.165, 1.54) is 12.1 Å². The van der Waals surface area contributed by atoms with Crippen molar-refractivity contribution >= 4 is 11.6 Å². The van der Waals surface area contributed by atoms with Crippen molar-refractivity contribution in [3.8, 4) is 0 Å². The van der Waals surface area contributed by atoms with E-state index in [9.17, 15) is 4.79 Å². The van der Waals surface area contributed by atoms with E-state index in [4.69, 9.17) is 4.74 Å². The van der Waals surface area contributed by atoms with Crippen molar-refractivity contribution in [3.05, 3.63) is 29.8 Å². The highest BCUT2D eigenvalue weighted by atomic mass is 16.5. The Morgan fingerprint density at radius 2 is 1.83 bits per heavy atom. The van der Waals surface area contributed by atoms with Gasteiger partial charge < -0.3 is 19.4 Å². The summed E-state index contributed by atoms with van der Waals surface area (Å²) >= 11 is 0. The van der Waals surface area contributed by atoms with E-state index >= 15 is 0 Å². The number of carbonyl (C=O) groups excluding carboxylic acids is 1. The number of likely N-dealkylation sites (tertiary alicyclic amines) is 1. The van der Waals surface area contributed by atoms with Crippen LogP contribution in [0.4, 0.5) is 5.69 Å². The van der Waals surface area contributed by atoms with Gasteiger partial charge in [0.05, 0.1) is 13.2 Å². The van der Waals surface area contributed by atoms with Crippen molar-refractivity contribution < 1.29 is 9.53 Å². The van der Waals surface area contributed by atoms with Gasteiger partial charge in [0.2, 0.25) is 0 Å². The Kier molecular flexibility index (Phi) is 5.74. The molecule has 5 heteroatoms. The van der Waals surface area contributed by atoms with E-state index in [1.54, 1.807) is 0 Å². The van der Waals surface area contributed by atoms with Gasteiger partial charge in [-0.2, -0.15) is 0 Å².